The van der Waals surface area contributed by atoms with Crippen molar-refractivity contribution in [3.05, 3.63) is 29.8 Å². The zero-order valence-electron chi connectivity index (χ0n) is 17.5. The Hall–Kier alpha value is -2.12. The van der Waals surface area contributed by atoms with Crippen molar-refractivity contribution in [1.29, 1.82) is 0 Å². The number of anilines is 1. The number of piperidine rings is 2. The van der Waals surface area contributed by atoms with Crippen molar-refractivity contribution in [3.63, 3.8) is 0 Å². The number of likely N-dealkylation sites (tertiary alicyclic amines) is 2. The highest BCUT2D eigenvalue weighted by molar-refractivity contribution is 5.92. The lowest BCUT2D eigenvalue weighted by Gasteiger charge is -2.40. The average Bonchev–Trinajstić information content (AvgIpc) is 2.78. The molecular weight excluding hydrogens is 368 g/mol. The number of benzene rings is 1. The summed E-state index contributed by atoms with van der Waals surface area (Å²) in [6.07, 6.45) is 7.62. The Morgan fingerprint density at radius 2 is 1.72 bits per heavy atom. The van der Waals surface area contributed by atoms with Gasteiger partial charge in [-0.1, -0.05) is 6.42 Å². The minimum absolute atomic E-state index is 0.223. The van der Waals surface area contributed by atoms with Gasteiger partial charge in [-0.3, -0.25) is 0 Å². The molecule has 2 aliphatic heterocycles. The summed E-state index contributed by atoms with van der Waals surface area (Å²) in [5.74, 6) is -0.388. The SMILES string of the molecule is COC(=O)c1ccc(NC(=O)NCCCN2CCC(N3CCCCC3)CC2)cc1. The fourth-order valence-corrected chi connectivity index (χ4v) is 4.28. The molecule has 2 aliphatic rings. The fourth-order valence-electron chi connectivity index (χ4n) is 4.28. The Morgan fingerprint density at radius 3 is 2.38 bits per heavy atom. The van der Waals surface area contributed by atoms with E-state index in [-0.39, 0.29) is 12.0 Å². The normalized spacial score (nSPS) is 18.9. The molecule has 0 spiro atoms. The molecule has 2 fully saturated rings. The van der Waals surface area contributed by atoms with E-state index < -0.39 is 0 Å². The molecule has 7 nitrogen and oxygen atoms in total. The minimum atomic E-state index is -0.388. The van der Waals surface area contributed by atoms with Gasteiger partial charge in [0.1, 0.15) is 0 Å². The number of hydrogen-bond acceptors (Lipinski definition) is 5. The number of amides is 2. The van der Waals surface area contributed by atoms with Crippen molar-refractivity contribution in [3.8, 4) is 0 Å². The van der Waals surface area contributed by atoms with E-state index >= 15 is 0 Å². The maximum Gasteiger partial charge on any atom is 0.337 e. The van der Waals surface area contributed by atoms with Crippen molar-refractivity contribution >= 4 is 17.7 Å². The molecule has 0 atom stereocenters. The van der Waals surface area contributed by atoms with Crippen LogP contribution in [0.3, 0.4) is 0 Å². The summed E-state index contributed by atoms with van der Waals surface area (Å²) in [5, 5.41) is 5.69. The quantitative estimate of drug-likeness (QED) is 0.542. The molecule has 2 heterocycles. The Bertz CT molecular complexity index is 651. The predicted molar refractivity (Wildman–Crippen MR) is 114 cm³/mol. The second-order valence-corrected chi connectivity index (χ2v) is 7.97. The summed E-state index contributed by atoms with van der Waals surface area (Å²) >= 11 is 0. The number of hydrogen-bond donors (Lipinski definition) is 2. The Balaban J connectivity index is 1.27. The molecule has 0 aromatic heterocycles. The molecule has 1 aromatic carbocycles. The van der Waals surface area contributed by atoms with Gasteiger partial charge in [0, 0.05) is 18.3 Å². The van der Waals surface area contributed by atoms with Gasteiger partial charge in [-0.2, -0.15) is 0 Å². The van der Waals surface area contributed by atoms with E-state index in [1.54, 1.807) is 24.3 Å². The predicted octanol–water partition coefficient (Wildman–Crippen LogP) is 2.94. The third-order valence-electron chi connectivity index (χ3n) is 5.96. The lowest BCUT2D eigenvalue weighted by atomic mass is 10.00. The van der Waals surface area contributed by atoms with Crippen LogP contribution in [0.15, 0.2) is 24.3 Å². The monoisotopic (exact) mass is 402 g/mol. The molecule has 0 unspecified atom stereocenters. The molecule has 0 saturated carbocycles. The largest absolute Gasteiger partial charge is 0.465 e. The molecule has 2 amide bonds. The molecule has 160 valence electrons. The highest BCUT2D eigenvalue weighted by Crippen LogP contribution is 2.20. The summed E-state index contributed by atoms with van der Waals surface area (Å²) in [4.78, 5) is 28.7. The van der Waals surface area contributed by atoms with Gasteiger partial charge in [-0.05, 0) is 89.1 Å². The number of esters is 1. The summed E-state index contributed by atoms with van der Waals surface area (Å²) in [6, 6.07) is 7.21. The Labute approximate surface area is 173 Å². The van der Waals surface area contributed by atoms with Crippen LogP contribution < -0.4 is 10.6 Å². The molecular formula is C22H34N4O3. The van der Waals surface area contributed by atoms with Gasteiger partial charge in [0.2, 0.25) is 0 Å². The van der Waals surface area contributed by atoms with E-state index in [0.29, 0.717) is 17.8 Å². The number of ether oxygens (including phenoxy) is 1. The van der Waals surface area contributed by atoms with Crippen LogP contribution in [0, 0.1) is 0 Å². The van der Waals surface area contributed by atoms with Crippen LogP contribution in [0.25, 0.3) is 0 Å². The molecule has 0 radical (unpaired) electrons. The maximum absolute atomic E-state index is 12.0. The fraction of sp³-hybridized carbons (Fsp3) is 0.636. The number of carbonyl (C=O) groups excluding carboxylic acids is 2. The standard InChI is InChI=1S/C22H34N4O3/c1-29-21(27)18-6-8-19(9-7-18)24-22(28)23-12-5-13-25-16-10-20(11-17-25)26-14-3-2-4-15-26/h6-9,20H,2-5,10-17H2,1H3,(H2,23,24,28). The van der Waals surface area contributed by atoms with Gasteiger partial charge < -0.3 is 25.2 Å². The van der Waals surface area contributed by atoms with Crippen LogP contribution in [0.2, 0.25) is 0 Å². The van der Waals surface area contributed by atoms with E-state index in [1.807, 2.05) is 0 Å². The van der Waals surface area contributed by atoms with Crippen molar-refractivity contribution in [2.75, 3.05) is 51.7 Å². The van der Waals surface area contributed by atoms with E-state index in [1.165, 1.54) is 65.4 Å². The summed E-state index contributed by atoms with van der Waals surface area (Å²) < 4.78 is 4.66. The number of methoxy groups -OCH3 is 1. The second-order valence-electron chi connectivity index (χ2n) is 7.97. The zero-order chi connectivity index (χ0) is 20.5. The average molecular weight is 403 g/mol. The molecule has 29 heavy (non-hydrogen) atoms. The summed E-state index contributed by atoms with van der Waals surface area (Å²) in [6.45, 7) is 6.59. The Morgan fingerprint density at radius 1 is 1.03 bits per heavy atom. The molecule has 3 rings (SSSR count). The van der Waals surface area contributed by atoms with Crippen LogP contribution in [-0.2, 0) is 4.74 Å². The van der Waals surface area contributed by atoms with Gasteiger partial charge in [0.15, 0.2) is 0 Å². The highest BCUT2D eigenvalue weighted by atomic mass is 16.5. The molecule has 0 aliphatic carbocycles. The van der Waals surface area contributed by atoms with Gasteiger partial charge in [-0.25, -0.2) is 9.59 Å². The zero-order valence-corrected chi connectivity index (χ0v) is 17.5. The van der Waals surface area contributed by atoms with Crippen LogP contribution in [0.1, 0.15) is 48.9 Å². The van der Waals surface area contributed by atoms with Crippen molar-refractivity contribution in [2.24, 2.45) is 0 Å². The van der Waals surface area contributed by atoms with Crippen LogP contribution >= 0.6 is 0 Å². The molecule has 0 bridgehead atoms. The van der Waals surface area contributed by atoms with Gasteiger partial charge in [0.25, 0.3) is 0 Å². The van der Waals surface area contributed by atoms with Crippen molar-refractivity contribution in [1.82, 2.24) is 15.1 Å². The van der Waals surface area contributed by atoms with E-state index in [9.17, 15) is 9.59 Å². The van der Waals surface area contributed by atoms with E-state index in [2.05, 4.69) is 25.2 Å². The second kappa shape index (κ2) is 11.2. The number of nitrogens with zero attached hydrogens (tertiary/aromatic N) is 2. The molecule has 2 saturated heterocycles. The highest BCUT2D eigenvalue weighted by Gasteiger charge is 2.25. The first kappa shape index (κ1) is 21.6. The topological polar surface area (TPSA) is 73.9 Å². The third-order valence-corrected chi connectivity index (χ3v) is 5.96. The first-order valence-electron chi connectivity index (χ1n) is 10.9. The third kappa shape index (κ3) is 6.72. The number of carbonyl (C=O) groups is 2. The lowest BCUT2D eigenvalue weighted by molar-refractivity contribution is 0.0600. The number of nitrogens with one attached hydrogen (secondary N) is 2. The Kier molecular flexibility index (Phi) is 8.31. The number of rotatable bonds is 7. The first-order valence-corrected chi connectivity index (χ1v) is 10.9. The number of urea groups is 1. The van der Waals surface area contributed by atoms with Crippen LogP contribution in [-0.4, -0.2) is 74.2 Å². The first-order chi connectivity index (χ1) is 14.2. The molecule has 7 heteroatoms. The minimum Gasteiger partial charge on any atom is -0.465 e. The van der Waals surface area contributed by atoms with Gasteiger partial charge >= 0.3 is 12.0 Å². The van der Waals surface area contributed by atoms with Crippen molar-refractivity contribution in [2.45, 2.75) is 44.6 Å². The van der Waals surface area contributed by atoms with Gasteiger partial charge in [0.05, 0.1) is 12.7 Å². The van der Waals surface area contributed by atoms with Crippen LogP contribution in [0.5, 0.6) is 0 Å². The van der Waals surface area contributed by atoms with E-state index in [0.717, 1.165) is 19.0 Å². The molecule has 2 N–H and O–H groups in total. The van der Waals surface area contributed by atoms with E-state index in [4.69, 9.17) is 0 Å². The molecule has 1 aromatic rings. The smallest absolute Gasteiger partial charge is 0.337 e. The van der Waals surface area contributed by atoms with Crippen LogP contribution in [0.4, 0.5) is 10.5 Å². The van der Waals surface area contributed by atoms with Crippen molar-refractivity contribution < 1.29 is 14.3 Å². The lowest BCUT2D eigenvalue weighted by Crippen LogP contribution is -2.47. The summed E-state index contributed by atoms with van der Waals surface area (Å²) in [7, 11) is 1.35. The maximum atomic E-state index is 12.0. The van der Waals surface area contributed by atoms with Gasteiger partial charge in [-0.15, -0.1) is 0 Å². The summed E-state index contributed by atoms with van der Waals surface area (Å²) in [5.41, 5.74) is 1.11.